The van der Waals surface area contributed by atoms with Crippen LogP contribution in [0.25, 0.3) is 17.0 Å². The van der Waals surface area contributed by atoms with Crippen molar-refractivity contribution in [2.24, 2.45) is 0 Å². The van der Waals surface area contributed by atoms with Crippen LogP contribution in [0.2, 0.25) is 0 Å². The number of allylic oxidation sites excluding steroid dienone is 3. The summed E-state index contributed by atoms with van der Waals surface area (Å²) in [5.74, 6) is -0.475. The molecule has 0 aliphatic heterocycles. The molecule has 0 unspecified atom stereocenters. The molecule has 0 amide bonds. The number of nitrogens with zero attached hydrogens (tertiary/aromatic N) is 2. The van der Waals surface area contributed by atoms with Gasteiger partial charge in [0.2, 0.25) is 0 Å². The van der Waals surface area contributed by atoms with Gasteiger partial charge in [-0.15, -0.1) is 13.2 Å². The largest absolute Gasteiger partial charge is 0.573 e. The van der Waals surface area contributed by atoms with E-state index in [9.17, 15) is 18.0 Å². The molecule has 0 spiro atoms. The van der Waals surface area contributed by atoms with Crippen LogP contribution in [0.4, 0.5) is 13.2 Å². The summed E-state index contributed by atoms with van der Waals surface area (Å²) in [4.78, 5) is 10.7. The lowest BCUT2D eigenvalue weighted by Gasteiger charge is -2.11. The van der Waals surface area contributed by atoms with Crippen LogP contribution >= 0.6 is 0 Å². The van der Waals surface area contributed by atoms with E-state index in [4.69, 9.17) is 14.6 Å². The maximum absolute atomic E-state index is 12.7. The van der Waals surface area contributed by atoms with Gasteiger partial charge in [0.25, 0.3) is 0 Å². The number of aliphatic carboxylic acids is 1. The Morgan fingerprint density at radius 2 is 1.91 bits per heavy atom. The molecule has 10 heteroatoms. The summed E-state index contributed by atoms with van der Waals surface area (Å²) in [7, 11) is 0. The molecule has 1 N–H and O–H groups in total. The number of alkyl halides is 3. The third-order valence-electron chi connectivity index (χ3n) is 4.70. The Morgan fingerprint density at radius 3 is 2.57 bits per heavy atom. The SMILES string of the molecule is C=C/C=C(\C)n1nc(COc2ccc(OCC(=O)O)c(C)c2)cc1-c1cccc(OC(F)(F)F)c1. The molecular formula is C25H23F3N2O5. The Balaban J connectivity index is 1.85. The number of aromatic nitrogens is 2. The first kappa shape index (κ1) is 25.4. The monoisotopic (exact) mass is 488 g/mol. The van der Waals surface area contributed by atoms with Gasteiger partial charge in [-0.3, -0.25) is 0 Å². The van der Waals surface area contributed by atoms with E-state index in [1.807, 2.05) is 0 Å². The highest BCUT2D eigenvalue weighted by Crippen LogP contribution is 2.30. The fourth-order valence-corrected chi connectivity index (χ4v) is 3.24. The molecular weight excluding hydrogens is 465 g/mol. The number of hydrogen-bond donors (Lipinski definition) is 1. The van der Waals surface area contributed by atoms with E-state index in [0.717, 1.165) is 0 Å². The van der Waals surface area contributed by atoms with E-state index in [1.165, 1.54) is 18.2 Å². The Morgan fingerprint density at radius 1 is 1.14 bits per heavy atom. The van der Waals surface area contributed by atoms with Gasteiger partial charge in [-0.2, -0.15) is 5.10 Å². The van der Waals surface area contributed by atoms with Crippen molar-refractivity contribution in [1.29, 1.82) is 0 Å². The Bertz CT molecular complexity index is 1250. The van der Waals surface area contributed by atoms with E-state index < -0.39 is 18.9 Å². The van der Waals surface area contributed by atoms with Gasteiger partial charge in [0.1, 0.15) is 29.5 Å². The molecule has 0 aliphatic carbocycles. The second kappa shape index (κ2) is 10.8. The first-order valence-corrected chi connectivity index (χ1v) is 10.4. The molecule has 1 aromatic heterocycles. The van der Waals surface area contributed by atoms with Crippen LogP contribution in [0.5, 0.6) is 17.2 Å². The quantitative estimate of drug-likeness (QED) is 0.361. The highest BCUT2D eigenvalue weighted by molar-refractivity contribution is 5.68. The fraction of sp³-hybridized carbons (Fsp3) is 0.200. The summed E-state index contributed by atoms with van der Waals surface area (Å²) in [5.41, 5.74) is 2.93. The number of carboxylic acids is 1. The number of carboxylic acid groups (broad SMARTS) is 1. The Kier molecular flexibility index (Phi) is 7.85. The summed E-state index contributed by atoms with van der Waals surface area (Å²) >= 11 is 0. The van der Waals surface area contributed by atoms with Gasteiger partial charge in [0, 0.05) is 11.3 Å². The van der Waals surface area contributed by atoms with Crippen LogP contribution in [-0.2, 0) is 11.4 Å². The third-order valence-corrected chi connectivity index (χ3v) is 4.70. The Hall–Kier alpha value is -4.21. The van der Waals surface area contributed by atoms with Gasteiger partial charge in [-0.1, -0.05) is 24.8 Å². The van der Waals surface area contributed by atoms with Crippen molar-refractivity contribution in [3.8, 4) is 28.5 Å². The minimum Gasteiger partial charge on any atom is -0.487 e. The molecule has 0 aliphatic rings. The van der Waals surface area contributed by atoms with Crippen LogP contribution in [0.3, 0.4) is 0 Å². The zero-order chi connectivity index (χ0) is 25.6. The van der Waals surface area contributed by atoms with Crippen molar-refractivity contribution in [2.75, 3.05) is 6.61 Å². The van der Waals surface area contributed by atoms with Crippen molar-refractivity contribution in [3.63, 3.8) is 0 Å². The van der Waals surface area contributed by atoms with Crippen LogP contribution in [-0.4, -0.2) is 33.8 Å². The molecule has 0 bridgehead atoms. The van der Waals surface area contributed by atoms with E-state index in [1.54, 1.807) is 61.0 Å². The molecule has 35 heavy (non-hydrogen) atoms. The van der Waals surface area contributed by atoms with Crippen molar-refractivity contribution in [2.45, 2.75) is 26.8 Å². The number of halogens is 3. The molecule has 3 rings (SSSR count). The van der Waals surface area contributed by atoms with Crippen LogP contribution < -0.4 is 14.2 Å². The van der Waals surface area contributed by atoms with Crippen molar-refractivity contribution in [1.82, 2.24) is 9.78 Å². The van der Waals surface area contributed by atoms with E-state index in [-0.39, 0.29) is 12.4 Å². The smallest absolute Gasteiger partial charge is 0.487 e. The van der Waals surface area contributed by atoms with Crippen LogP contribution in [0.1, 0.15) is 18.2 Å². The number of benzene rings is 2. The maximum atomic E-state index is 12.7. The molecule has 0 radical (unpaired) electrons. The lowest BCUT2D eigenvalue weighted by molar-refractivity contribution is -0.274. The minimum atomic E-state index is -4.80. The normalized spacial score (nSPS) is 11.7. The molecule has 184 valence electrons. The van der Waals surface area contributed by atoms with Gasteiger partial charge >= 0.3 is 12.3 Å². The van der Waals surface area contributed by atoms with Crippen LogP contribution in [0.15, 0.2) is 67.3 Å². The predicted molar refractivity (Wildman–Crippen MR) is 123 cm³/mol. The zero-order valence-electron chi connectivity index (χ0n) is 19.0. The van der Waals surface area contributed by atoms with Gasteiger partial charge in [-0.05, 0) is 61.9 Å². The fourth-order valence-electron chi connectivity index (χ4n) is 3.24. The average molecular weight is 488 g/mol. The molecule has 1 heterocycles. The molecule has 2 aromatic carbocycles. The van der Waals surface area contributed by atoms with Gasteiger partial charge in [-0.25, -0.2) is 9.48 Å². The lowest BCUT2D eigenvalue weighted by Crippen LogP contribution is -2.17. The first-order valence-electron chi connectivity index (χ1n) is 10.4. The van der Waals surface area contributed by atoms with E-state index in [0.29, 0.717) is 39.7 Å². The highest BCUT2D eigenvalue weighted by Gasteiger charge is 2.31. The van der Waals surface area contributed by atoms with Crippen molar-refractivity contribution in [3.05, 3.63) is 78.5 Å². The summed E-state index contributed by atoms with van der Waals surface area (Å²) in [6.45, 7) is 6.85. The molecule has 3 aromatic rings. The number of carbonyl (C=O) groups is 1. The number of aryl methyl sites for hydroxylation is 1. The Labute approximate surface area is 199 Å². The molecule has 0 saturated heterocycles. The second-order valence-electron chi connectivity index (χ2n) is 7.45. The van der Waals surface area contributed by atoms with Crippen molar-refractivity contribution >= 4 is 11.7 Å². The summed E-state index contributed by atoms with van der Waals surface area (Å²) in [6.07, 6.45) is -1.50. The van der Waals surface area contributed by atoms with Crippen molar-refractivity contribution < 1.29 is 37.3 Å². The molecule has 0 fully saturated rings. The molecule has 0 atom stereocenters. The summed E-state index contributed by atoms with van der Waals surface area (Å²) in [6, 6.07) is 12.3. The average Bonchev–Trinajstić information content (AvgIpc) is 3.21. The predicted octanol–water partition coefficient (Wildman–Crippen LogP) is 5.85. The highest BCUT2D eigenvalue weighted by atomic mass is 19.4. The van der Waals surface area contributed by atoms with E-state index in [2.05, 4.69) is 16.4 Å². The minimum absolute atomic E-state index is 0.0783. The lowest BCUT2D eigenvalue weighted by atomic mass is 10.1. The third kappa shape index (κ3) is 7.13. The van der Waals surface area contributed by atoms with E-state index >= 15 is 0 Å². The maximum Gasteiger partial charge on any atom is 0.573 e. The van der Waals surface area contributed by atoms with Gasteiger partial charge < -0.3 is 19.3 Å². The van der Waals surface area contributed by atoms with Gasteiger partial charge in [0.05, 0.1) is 5.69 Å². The van der Waals surface area contributed by atoms with Gasteiger partial charge in [0.15, 0.2) is 6.61 Å². The summed E-state index contributed by atoms with van der Waals surface area (Å²) < 4.78 is 54.7. The second-order valence-corrected chi connectivity index (χ2v) is 7.45. The number of hydrogen-bond acceptors (Lipinski definition) is 5. The zero-order valence-corrected chi connectivity index (χ0v) is 19.0. The molecule has 7 nitrogen and oxygen atoms in total. The standard InChI is InChI=1S/C25H23F3N2O5/c1-4-6-17(3)30-22(18-7-5-8-21(12-18)35-25(26,27)28)13-19(29-30)14-33-20-9-10-23(16(2)11-20)34-15-24(31)32/h4-13H,1,14-15H2,2-3H3,(H,31,32)/b17-6+. The van der Waals surface area contributed by atoms with Crippen LogP contribution in [0, 0.1) is 6.92 Å². The molecule has 0 saturated carbocycles. The topological polar surface area (TPSA) is 82.8 Å². The number of rotatable bonds is 10. The summed E-state index contributed by atoms with van der Waals surface area (Å²) in [5, 5.41) is 13.3. The first-order chi connectivity index (χ1) is 16.6. The number of ether oxygens (including phenoxy) is 3.